The number of aldehydes is 1. The Hall–Kier alpha value is -3.88. The number of ether oxygens (including phenoxy) is 1. The fourth-order valence-corrected chi connectivity index (χ4v) is 4.37. The molecule has 3 aromatic carbocycles. The number of hydrogen-bond acceptors (Lipinski definition) is 7. The van der Waals surface area contributed by atoms with E-state index in [-0.39, 0.29) is 12.4 Å². The number of halogens is 2. The number of rotatable bonds is 7. The molecule has 34 heavy (non-hydrogen) atoms. The van der Waals surface area contributed by atoms with Crippen LogP contribution >= 0.6 is 22.9 Å². The Kier molecular flexibility index (Phi) is 6.16. The minimum Gasteiger partial charge on any atom is -0.487 e. The Morgan fingerprint density at radius 3 is 2.76 bits per heavy atom. The van der Waals surface area contributed by atoms with Crippen LogP contribution in [0.5, 0.6) is 5.75 Å². The Bertz CT molecular complexity index is 1510. The van der Waals surface area contributed by atoms with Crippen molar-refractivity contribution >= 4 is 51.6 Å². The molecule has 0 fully saturated rings. The van der Waals surface area contributed by atoms with E-state index >= 15 is 0 Å². The van der Waals surface area contributed by atoms with Crippen LogP contribution in [0.15, 0.2) is 73.2 Å². The predicted octanol–water partition coefficient (Wildman–Crippen LogP) is 6.68. The first kappa shape index (κ1) is 21.9. The van der Waals surface area contributed by atoms with Gasteiger partial charge in [-0.1, -0.05) is 29.8 Å². The number of aromatic nitrogens is 3. The number of benzene rings is 3. The number of carbonyl (C=O) groups excluding carboxylic acids is 1. The number of fused-ring (bicyclic) bond motifs is 1. The zero-order valence-electron chi connectivity index (χ0n) is 17.5. The van der Waals surface area contributed by atoms with Crippen molar-refractivity contribution in [3.05, 3.63) is 94.6 Å². The molecule has 0 radical (unpaired) electrons. The van der Waals surface area contributed by atoms with Crippen LogP contribution in [0.3, 0.4) is 0 Å². The molecular formula is C25H16ClFN4O2S. The molecule has 1 N–H and O–H groups in total. The maximum atomic E-state index is 13.4. The highest BCUT2D eigenvalue weighted by molar-refractivity contribution is 7.16. The first-order chi connectivity index (χ1) is 16.6. The largest absolute Gasteiger partial charge is 0.487 e. The smallest absolute Gasteiger partial charge is 0.178 e. The van der Waals surface area contributed by atoms with E-state index in [2.05, 4.69) is 20.3 Å². The van der Waals surface area contributed by atoms with E-state index in [0.717, 1.165) is 33.3 Å². The summed E-state index contributed by atoms with van der Waals surface area (Å²) in [6.07, 6.45) is 3.90. The summed E-state index contributed by atoms with van der Waals surface area (Å²) in [6.45, 7) is 0.201. The average molecular weight is 491 g/mol. The third-order valence-electron chi connectivity index (χ3n) is 5.02. The summed E-state index contributed by atoms with van der Waals surface area (Å²) >= 11 is 7.75. The lowest BCUT2D eigenvalue weighted by Crippen LogP contribution is -1.98. The summed E-state index contributed by atoms with van der Waals surface area (Å²) < 4.78 is 19.1. The summed E-state index contributed by atoms with van der Waals surface area (Å²) in [7, 11) is 0. The van der Waals surface area contributed by atoms with Gasteiger partial charge in [0.15, 0.2) is 11.3 Å². The molecule has 0 saturated carbocycles. The van der Waals surface area contributed by atoms with Crippen molar-refractivity contribution < 1.29 is 13.9 Å². The maximum absolute atomic E-state index is 13.4. The number of anilines is 2. The predicted molar refractivity (Wildman–Crippen MR) is 132 cm³/mol. The van der Waals surface area contributed by atoms with Gasteiger partial charge >= 0.3 is 0 Å². The summed E-state index contributed by atoms with van der Waals surface area (Å²) in [4.78, 5) is 24.7. The standard InChI is InChI=1S/C25H16ClFN4O2S/c26-20-10-18(5-7-22(20)33-13-15-2-1-3-17(27)8-15)31-25-19-9-16(4-6-21(19)29-14-30-25)23-11-28-24(12-32)34-23/h1-12,14H,13H2,(H,29,30,31). The van der Waals surface area contributed by atoms with Crippen LogP contribution in [0.25, 0.3) is 21.3 Å². The molecule has 0 saturated heterocycles. The normalized spacial score (nSPS) is 10.9. The van der Waals surface area contributed by atoms with Crippen LogP contribution in [-0.2, 0) is 6.61 Å². The Morgan fingerprint density at radius 1 is 1.06 bits per heavy atom. The second kappa shape index (κ2) is 9.54. The van der Waals surface area contributed by atoms with Crippen LogP contribution in [0.1, 0.15) is 15.4 Å². The molecular weight excluding hydrogens is 475 g/mol. The van der Waals surface area contributed by atoms with Crippen molar-refractivity contribution in [2.75, 3.05) is 5.32 Å². The van der Waals surface area contributed by atoms with Crippen molar-refractivity contribution in [1.29, 1.82) is 0 Å². The van der Waals surface area contributed by atoms with Crippen molar-refractivity contribution in [3.8, 4) is 16.2 Å². The zero-order valence-corrected chi connectivity index (χ0v) is 19.1. The molecule has 168 valence electrons. The third kappa shape index (κ3) is 4.73. The Morgan fingerprint density at radius 2 is 1.97 bits per heavy atom. The number of thiazole rings is 1. The molecule has 0 aliphatic rings. The van der Waals surface area contributed by atoms with E-state index in [1.165, 1.54) is 29.8 Å². The van der Waals surface area contributed by atoms with Crippen molar-refractivity contribution in [1.82, 2.24) is 15.0 Å². The van der Waals surface area contributed by atoms with Crippen molar-refractivity contribution in [2.45, 2.75) is 6.61 Å². The highest BCUT2D eigenvalue weighted by Gasteiger charge is 2.11. The number of carbonyl (C=O) groups is 1. The molecule has 0 aliphatic carbocycles. The van der Waals surface area contributed by atoms with Crippen LogP contribution < -0.4 is 10.1 Å². The van der Waals surface area contributed by atoms with Gasteiger partial charge in [-0.2, -0.15) is 0 Å². The third-order valence-corrected chi connectivity index (χ3v) is 6.29. The first-order valence-electron chi connectivity index (χ1n) is 10.2. The van der Waals surface area contributed by atoms with Crippen molar-refractivity contribution in [2.24, 2.45) is 0 Å². The van der Waals surface area contributed by atoms with Gasteiger partial charge in [0.1, 0.15) is 30.3 Å². The monoisotopic (exact) mass is 490 g/mol. The molecule has 2 aromatic heterocycles. The molecule has 2 heterocycles. The fraction of sp³-hybridized carbons (Fsp3) is 0.0400. The molecule has 6 nitrogen and oxygen atoms in total. The van der Waals surface area contributed by atoms with E-state index < -0.39 is 0 Å². The van der Waals surface area contributed by atoms with Gasteiger partial charge in [-0.15, -0.1) is 11.3 Å². The van der Waals surface area contributed by atoms with E-state index in [9.17, 15) is 9.18 Å². The van der Waals surface area contributed by atoms with Gasteiger partial charge in [-0.25, -0.2) is 19.3 Å². The molecule has 5 aromatic rings. The summed E-state index contributed by atoms with van der Waals surface area (Å²) in [6, 6.07) is 17.3. The molecule has 0 atom stereocenters. The van der Waals surface area contributed by atoms with Gasteiger partial charge in [0.05, 0.1) is 15.4 Å². The summed E-state index contributed by atoms with van der Waals surface area (Å²) in [5.41, 5.74) is 3.11. The zero-order chi connectivity index (χ0) is 23.5. The molecule has 0 aliphatic heterocycles. The Labute approximate surface area is 203 Å². The molecule has 5 rings (SSSR count). The molecule has 0 bridgehead atoms. The van der Waals surface area contributed by atoms with Gasteiger partial charge in [0.25, 0.3) is 0 Å². The minimum absolute atomic E-state index is 0.201. The van der Waals surface area contributed by atoms with Crippen LogP contribution in [0, 0.1) is 5.82 Å². The van der Waals surface area contributed by atoms with Crippen molar-refractivity contribution in [3.63, 3.8) is 0 Å². The van der Waals surface area contributed by atoms with E-state index in [1.54, 1.807) is 30.5 Å². The minimum atomic E-state index is -0.313. The first-order valence-corrected chi connectivity index (χ1v) is 11.4. The lowest BCUT2D eigenvalue weighted by atomic mass is 10.1. The number of nitrogens with zero attached hydrogens (tertiary/aromatic N) is 3. The van der Waals surface area contributed by atoms with Gasteiger partial charge in [-0.3, -0.25) is 4.79 Å². The van der Waals surface area contributed by atoms with Gasteiger partial charge in [0.2, 0.25) is 0 Å². The highest BCUT2D eigenvalue weighted by atomic mass is 35.5. The van der Waals surface area contributed by atoms with Crippen LogP contribution in [-0.4, -0.2) is 21.2 Å². The van der Waals surface area contributed by atoms with Gasteiger partial charge in [-0.05, 0) is 53.6 Å². The molecule has 0 spiro atoms. The Balaban J connectivity index is 1.38. The second-order valence-electron chi connectivity index (χ2n) is 7.32. The lowest BCUT2D eigenvalue weighted by Gasteiger charge is -2.12. The maximum Gasteiger partial charge on any atom is 0.178 e. The molecule has 9 heteroatoms. The van der Waals surface area contributed by atoms with Crippen LogP contribution in [0.4, 0.5) is 15.9 Å². The van der Waals surface area contributed by atoms with Gasteiger partial charge < -0.3 is 10.1 Å². The quantitative estimate of drug-likeness (QED) is 0.256. The SMILES string of the molecule is O=Cc1ncc(-c2ccc3ncnc(Nc4ccc(OCc5cccc(F)c5)c(Cl)c4)c3c2)s1. The fourth-order valence-electron chi connectivity index (χ4n) is 3.41. The average Bonchev–Trinajstić information content (AvgIpc) is 3.33. The topological polar surface area (TPSA) is 77.0 Å². The van der Waals surface area contributed by atoms with E-state index in [4.69, 9.17) is 16.3 Å². The highest BCUT2D eigenvalue weighted by Crippen LogP contribution is 2.33. The summed E-state index contributed by atoms with van der Waals surface area (Å²) in [5, 5.41) is 4.92. The van der Waals surface area contributed by atoms with Gasteiger partial charge in [0, 0.05) is 17.3 Å². The molecule has 0 amide bonds. The number of hydrogen-bond donors (Lipinski definition) is 1. The van der Waals surface area contributed by atoms with E-state index in [0.29, 0.717) is 27.2 Å². The van der Waals surface area contributed by atoms with Crippen LogP contribution in [0.2, 0.25) is 5.02 Å². The molecule has 0 unspecified atom stereocenters. The number of nitrogens with one attached hydrogen (secondary N) is 1. The second-order valence-corrected chi connectivity index (χ2v) is 8.79. The lowest BCUT2D eigenvalue weighted by molar-refractivity contribution is 0.112. The summed E-state index contributed by atoms with van der Waals surface area (Å²) in [5.74, 6) is 0.783. The van der Waals surface area contributed by atoms with E-state index in [1.807, 2.05) is 24.3 Å².